The first kappa shape index (κ1) is 21.1. The number of para-hydroxylation sites is 1. The average Bonchev–Trinajstić information content (AvgIpc) is 3.17. The Morgan fingerprint density at radius 1 is 0.935 bits per heavy atom. The summed E-state index contributed by atoms with van der Waals surface area (Å²) in [7, 11) is 0. The van der Waals surface area contributed by atoms with Crippen molar-refractivity contribution in [2.24, 2.45) is 5.92 Å². The maximum Gasteiger partial charge on any atom is 0.316 e. The van der Waals surface area contributed by atoms with Crippen molar-refractivity contribution in [1.29, 1.82) is 0 Å². The molecule has 0 N–H and O–H groups in total. The molecule has 1 saturated heterocycles. The van der Waals surface area contributed by atoms with E-state index in [0.717, 1.165) is 5.56 Å². The summed E-state index contributed by atoms with van der Waals surface area (Å²) in [6, 6.07) is 25.0. The Bertz CT molecular complexity index is 1090. The van der Waals surface area contributed by atoms with Crippen LogP contribution in [-0.2, 0) is 15.0 Å². The van der Waals surface area contributed by atoms with Crippen LogP contribution in [0.3, 0.4) is 0 Å². The molecule has 0 aromatic heterocycles. The van der Waals surface area contributed by atoms with Gasteiger partial charge in [0.2, 0.25) is 5.91 Å². The summed E-state index contributed by atoms with van der Waals surface area (Å²) in [6.07, 6.45) is 0.114. The molecule has 4 nitrogen and oxygen atoms in total. The number of ether oxygens (including phenoxy) is 1. The third-order valence-electron chi connectivity index (χ3n) is 5.89. The highest BCUT2D eigenvalue weighted by atomic mass is 35.5. The number of anilines is 1. The van der Waals surface area contributed by atoms with Crippen molar-refractivity contribution >= 4 is 29.2 Å². The van der Waals surface area contributed by atoms with Gasteiger partial charge in [0.1, 0.15) is 5.75 Å². The standard InChI is InChI=1S/C26H24ClNO3/c1-26(2,19-8-4-3-5-9-19)20-12-14-21(15-13-20)31-25(30)18-16-24(29)28(17-18)23-11-7-6-10-22(23)27/h3-15,18H,16-17H2,1-2H3/t18-/m0/s1. The molecule has 1 amide bonds. The molecule has 4 rings (SSSR count). The second-order valence-electron chi connectivity index (χ2n) is 8.29. The van der Waals surface area contributed by atoms with Crippen molar-refractivity contribution in [3.05, 3.63) is 95.0 Å². The number of carbonyl (C=O) groups is 2. The van der Waals surface area contributed by atoms with Crippen molar-refractivity contribution in [2.75, 3.05) is 11.4 Å². The number of hydrogen-bond donors (Lipinski definition) is 0. The lowest BCUT2D eigenvalue weighted by Crippen LogP contribution is -2.27. The summed E-state index contributed by atoms with van der Waals surface area (Å²) in [4.78, 5) is 26.7. The van der Waals surface area contributed by atoms with E-state index in [1.807, 2.05) is 36.4 Å². The second kappa shape index (κ2) is 8.56. The van der Waals surface area contributed by atoms with Crippen LogP contribution in [0.1, 0.15) is 31.4 Å². The summed E-state index contributed by atoms with van der Waals surface area (Å²) in [5.41, 5.74) is 2.79. The van der Waals surface area contributed by atoms with Gasteiger partial charge in [0.15, 0.2) is 0 Å². The summed E-state index contributed by atoms with van der Waals surface area (Å²) >= 11 is 6.21. The normalized spacial score (nSPS) is 16.4. The van der Waals surface area contributed by atoms with Crippen LogP contribution in [0.5, 0.6) is 5.75 Å². The molecule has 1 fully saturated rings. The monoisotopic (exact) mass is 433 g/mol. The average molecular weight is 434 g/mol. The Hall–Kier alpha value is -3.11. The largest absolute Gasteiger partial charge is 0.426 e. The third kappa shape index (κ3) is 4.35. The van der Waals surface area contributed by atoms with E-state index in [2.05, 4.69) is 26.0 Å². The van der Waals surface area contributed by atoms with Gasteiger partial charge < -0.3 is 9.64 Å². The summed E-state index contributed by atoms with van der Waals surface area (Å²) in [6.45, 7) is 4.59. The third-order valence-corrected chi connectivity index (χ3v) is 6.21. The molecular weight excluding hydrogens is 410 g/mol. The van der Waals surface area contributed by atoms with E-state index in [9.17, 15) is 9.59 Å². The molecule has 1 heterocycles. The number of amides is 1. The highest BCUT2D eigenvalue weighted by molar-refractivity contribution is 6.33. The first-order valence-electron chi connectivity index (χ1n) is 10.3. The van der Waals surface area contributed by atoms with Gasteiger partial charge in [-0.2, -0.15) is 0 Å². The molecule has 3 aromatic carbocycles. The Labute approximate surface area is 187 Å². The summed E-state index contributed by atoms with van der Waals surface area (Å²) in [5.74, 6) is -0.585. The van der Waals surface area contributed by atoms with Gasteiger partial charge >= 0.3 is 5.97 Å². The lowest BCUT2D eigenvalue weighted by molar-refractivity contribution is -0.139. The Balaban J connectivity index is 1.44. The topological polar surface area (TPSA) is 46.6 Å². The number of esters is 1. The molecule has 0 aliphatic carbocycles. The minimum Gasteiger partial charge on any atom is -0.426 e. The smallest absolute Gasteiger partial charge is 0.316 e. The van der Waals surface area contributed by atoms with Gasteiger partial charge in [-0.15, -0.1) is 0 Å². The van der Waals surface area contributed by atoms with Gasteiger partial charge in [0.25, 0.3) is 0 Å². The second-order valence-corrected chi connectivity index (χ2v) is 8.70. The van der Waals surface area contributed by atoms with Crippen LogP contribution < -0.4 is 9.64 Å². The lowest BCUT2D eigenvalue weighted by atomic mass is 9.78. The summed E-state index contributed by atoms with van der Waals surface area (Å²) < 4.78 is 5.58. The zero-order chi connectivity index (χ0) is 22.0. The minimum absolute atomic E-state index is 0.114. The van der Waals surface area contributed by atoms with E-state index in [1.165, 1.54) is 5.56 Å². The lowest BCUT2D eigenvalue weighted by Gasteiger charge is -2.26. The van der Waals surface area contributed by atoms with Crippen molar-refractivity contribution in [1.82, 2.24) is 0 Å². The molecule has 0 radical (unpaired) electrons. The van der Waals surface area contributed by atoms with Gasteiger partial charge in [-0.05, 0) is 35.4 Å². The Morgan fingerprint density at radius 2 is 1.55 bits per heavy atom. The van der Waals surface area contributed by atoms with Gasteiger partial charge in [0, 0.05) is 18.4 Å². The highest BCUT2D eigenvalue weighted by Gasteiger charge is 2.37. The van der Waals surface area contributed by atoms with Gasteiger partial charge in [-0.3, -0.25) is 9.59 Å². The van der Waals surface area contributed by atoms with Crippen LogP contribution in [0.2, 0.25) is 5.02 Å². The Morgan fingerprint density at radius 3 is 2.23 bits per heavy atom. The molecule has 1 aliphatic heterocycles. The first-order chi connectivity index (χ1) is 14.9. The maximum atomic E-state index is 12.7. The molecule has 1 aliphatic rings. The number of carbonyl (C=O) groups excluding carboxylic acids is 2. The molecule has 1 atom stereocenters. The number of rotatable bonds is 5. The van der Waals surface area contributed by atoms with E-state index in [1.54, 1.807) is 35.2 Å². The molecule has 3 aromatic rings. The van der Waals surface area contributed by atoms with Crippen LogP contribution in [0.15, 0.2) is 78.9 Å². The molecular formula is C26H24ClNO3. The van der Waals surface area contributed by atoms with Crippen molar-refractivity contribution in [3.8, 4) is 5.75 Å². The van der Waals surface area contributed by atoms with Crippen molar-refractivity contribution < 1.29 is 14.3 Å². The molecule has 0 spiro atoms. The molecule has 0 saturated carbocycles. The highest BCUT2D eigenvalue weighted by Crippen LogP contribution is 2.33. The fraction of sp³-hybridized carbons (Fsp3) is 0.231. The van der Waals surface area contributed by atoms with Gasteiger partial charge in [-0.25, -0.2) is 0 Å². The number of hydrogen-bond acceptors (Lipinski definition) is 3. The van der Waals surface area contributed by atoms with E-state index < -0.39 is 11.9 Å². The van der Waals surface area contributed by atoms with Crippen LogP contribution >= 0.6 is 11.6 Å². The predicted octanol–water partition coefficient (Wildman–Crippen LogP) is 5.62. The van der Waals surface area contributed by atoms with Crippen LogP contribution in [-0.4, -0.2) is 18.4 Å². The van der Waals surface area contributed by atoms with Gasteiger partial charge in [0.05, 0.1) is 16.6 Å². The van der Waals surface area contributed by atoms with E-state index in [-0.39, 0.29) is 24.3 Å². The minimum atomic E-state index is -0.524. The van der Waals surface area contributed by atoms with Crippen LogP contribution in [0.25, 0.3) is 0 Å². The first-order valence-corrected chi connectivity index (χ1v) is 10.7. The zero-order valence-electron chi connectivity index (χ0n) is 17.5. The SMILES string of the molecule is CC(C)(c1ccccc1)c1ccc(OC(=O)[C@H]2CC(=O)N(c3ccccc3Cl)C2)cc1. The predicted molar refractivity (Wildman–Crippen MR) is 123 cm³/mol. The number of benzene rings is 3. The van der Waals surface area contributed by atoms with Crippen molar-refractivity contribution in [2.45, 2.75) is 25.7 Å². The molecule has 5 heteroatoms. The quantitative estimate of drug-likeness (QED) is 0.387. The fourth-order valence-electron chi connectivity index (χ4n) is 3.93. The fourth-order valence-corrected chi connectivity index (χ4v) is 4.17. The van der Waals surface area contributed by atoms with E-state index in [4.69, 9.17) is 16.3 Å². The molecule has 158 valence electrons. The number of halogens is 1. The maximum absolute atomic E-state index is 12.7. The molecule has 0 unspecified atom stereocenters. The zero-order valence-corrected chi connectivity index (χ0v) is 18.3. The van der Waals surface area contributed by atoms with Crippen LogP contribution in [0, 0.1) is 5.92 Å². The van der Waals surface area contributed by atoms with E-state index >= 15 is 0 Å². The van der Waals surface area contributed by atoms with Crippen LogP contribution in [0.4, 0.5) is 5.69 Å². The summed E-state index contributed by atoms with van der Waals surface area (Å²) in [5, 5.41) is 0.487. The number of nitrogens with zero attached hydrogens (tertiary/aromatic N) is 1. The van der Waals surface area contributed by atoms with E-state index in [0.29, 0.717) is 16.5 Å². The van der Waals surface area contributed by atoms with Crippen molar-refractivity contribution in [3.63, 3.8) is 0 Å². The Kier molecular flexibility index (Phi) is 5.84. The molecule has 0 bridgehead atoms. The molecule has 31 heavy (non-hydrogen) atoms. The van der Waals surface area contributed by atoms with Gasteiger partial charge in [-0.1, -0.05) is 80.0 Å².